The third-order valence-corrected chi connectivity index (χ3v) is 3.50. The minimum absolute atomic E-state index is 0.295. The lowest BCUT2D eigenvalue weighted by Gasteiger charge is -2.14. The summed E-state index contributed by atoms with van der Waals surface area (Å²) in [5.74, 6) is 0.972. The quantitative estimate of drug-likeness (QED) is 0.860. The molecule has 1 aromatic rings. The van der Waals surface area contributed by atoms with Crippen LogP contribution in [-0.2, 0) is 0 Å². The Morgan fingerprint density at radius 3 is 2.85 bits per heavy atom. The van der Waals surface area contributed by atoms with Crippen LogP contribution >= 0.6 is 15.9 Å². The molecule has 1 aromatic heterocycles. The molecule has 0 aromatic carbocycles. The van der Waals surface area contributed by atoms with E-state index < -0.39 is 0 Å². The molecule has 1 fully saturated rings. The van der Waals surface area contributed by atoms with E-state index in [0.717, 1.165) is 10.3 Å². The fourth-order valence-electron chi connectivity index (χ4n) is 1.23. The zero-order valence-electron chi connectivity index (χ0n) is 7.89. The van der Waals surface area contributed by atoms with Gasteiger partial charge in [0, 0.05) is 11.7 Å². The van der Waals surface area contributed by atoms with Crippen molar-refractivity contribution in [2.45, 2.75) is 32.2 Å². The molecule has 3 heteroatoms. The fraction of sp³-hybridized carbons (Fsp3) is 0.500. The van der Waals surface area contributed by atoms with Crippen LogP contribution in [0.2, 0.25) is 0 Å². The van der Waals surface area contributed by atoms with Crippen molar-refractivity contribution >= 4 is 21.7 Å². The van der Waals surface area contributed by atoms with Gasteiger partial charge in [-0.05, 0) is 54.2 Å². The third kappa shape index (κ3) is 1.85. The van der Waals surface area contributed by atoms with Gasteiger partial charge in [-0.15, -0.1) is 0 Å². The normalized spacial score (nSPS) is 18.4. The van der Waals surface area contributed by atoms with E-state index in [9.17, 15) is 0 Å². The second kappa shape index (κ2) is 2.98. The number of rotatable bonds is 2. The molecule has 0 amide bonds. The highest BCUT2D eigenvalue weighted by Gasteiger charge is 2.37. The van der Waals surface area contributed by atoms with Crippen LogP contribution in [0.15, 0.2) is 16.7 Å². The van der Waals surface area contributed by atoms with Crippen LogP contribution in [0.5, 0.6) is 0 Å². The van der Waals surface area contributed by atoms with E-state index in [0.29, 0.717) is 5.54 Å². The molecule has 0 spiro atoms. The molecule has 0 bridgehead atoms. The highest BCUT2D eigenvalue weighted by atomic mass is 79.9. The van der Waals surface area contributed by atoms with Gasteiger partial charge in [-0.25, -0.2) is 4.98 Å². The molecule has 0 unspecified atom stereocenters. The van der Waals surface area contributed by atoms with E-state index in [1.807, 2.05) is 12.3 Å². The highest BCUT2D eigenvalue weighted by molar-refractivity contribution is 9.10. The number of hydrogen-bond donors (Lipinski definition) is 1. The smallest absolute Gasteiger partial charge is 0.140 e. The van der Waals surface area contributed by atoms with E-state index in [1.165, 1.54) is 18.4 Å². The monoisotopic (exact) mass is 240 g/mol. The zero-order chi connectivity index (χ0) is 9.47. The second-order valence-electron chi connectivity index (χ2n) is 3.98. The molecular formula is C10H13BrN2. The van der Waals surface area contributed by atoms with Crippen LogP contribution < -0.4 is 5.32 Å². The summed E-state index contributed by atoms with van der Waals surface area (Å²) in [7, 11) is 0. The van der Waals surface area contributed by atoms with Crippen LogP contribution in [0.25, 0.3) is 0 Å². The predicted octanol–water partition coefficient (Wildman–Crippen LogP) is 3.12. The van der Waals surface area contributed by atoms with Gasteiger partial charge >= 0.3 is 0 Å². The lowest BCUT2D eigenvalue weighted by Crippen LogP contribution is -2.17. The number of nitrogens with one attached hydrogen (secondary N) is 1. The van der Waals surface area contributed by atoms with Crippen LogP contribution in [0.1, 0.15) is 25.3 Å². The largest absolute Gasteiger partial charge is 0.364 e. The van der Waals surface area contributed by atoms with Gasteiger partial charge in [-0.1, -0.05) is 0 Å². The van der Waals surface area contributed by atoms with Crippen molar-refractivity contribution in [2.75, 3.05) is 5.32 Å². The number of halogens is 1. The molecule has 1 saturated carbocycles. The molecule has 0 saturated heterocycles. The molecule has 2 nitrogen and oxygen atoms in total. The molecule has 1 aliphatic carbocycles. The molecule has 2 rings (SSSR count). The molecule has 70 valence electrons. The van der Waals surface area contributed by atoms with Gasteiger partial charge < -0.3 is 5.32 Å². The molecule has 0 atom stereocenters. The summed E-state index contributed by atoms with van der Waals surface area (Å²) in [5.41, 5.74) is 1.52. The minimum atomic E-state index is 0.295. The Bertz CT molecular complexity index is 332. The van der Waals surface area contributed by atoms with Crippen molar-refractivity contribution in [3.8, 4) is 0 Å². The van der Waals surface area contributed by atoms with Gasteiger partial charge in [0.25, 0.3) is 0 Å². The van der Waals surface area contributed by atoms with E-state index >= 15 is 0 Å². The van der Waals surface area contributed by atoms with Crippen molar-refractivity contribution in [1.29, 1.82) is 0 Å². The Morgan fingerprint density at radius 1 is 1.54 bits per heavy atom. The summed E-state index contributed by atoms with van der Waals surface area (Å²) >= 11 is 3.54. The Labute approximate surface area is 86.9 Å². The van der Waals surface area contributed by atoms with Crippen molar-refractivity contribution in [3.63, 3.8) is 0 Å². The van der Waals surface area contributed by atoms with Crippen LogP contribution in [-0.4, -0.2) is 10.5 Å². The Kier molecular flexibility index (Phi) is 2.06. The topological polar surface area (TPSA) is 24.9 Å². The maximum Gasteiger partial charge on any atom is 0.140 e. The van der Waals surface area contributed by atoms with Crippen molar-refractivity contribution in [2.24, 2.45) is 0 Å². The first-order valence-corrected chi connectivity index (χ1v) is 5.29. The molecule has 1 heterocycles. The Hall–Kier alpha value is -0.570. The van der Waals surface area contributed by atoms with Crippen LogP contribution in [0.3, 0.4) is 0 Å². The first-order valence-electron chi connectivity index (χ1n) is 4.50. The number of anilines is 1. The lowest BCUT2D eigenvalue weighted by molar-refractivity contribution is 0.819. The van der Waals surface area contributed by atoms with Gasteiger partial charge in [0.15, 0.2) is 0 Å². The molecule has 0 radical (unpaired) electrons. The summed E-state index contributed by atoms with van der Waals surface area (Å²) in [5, 5.41) is 3.44. The number of hydrogen-bond acceptors (Lipinski definition) is 2. The standard InChI is InChI=1S/C10H13BrN2/c1-7-3-6-12-9(8(7)11)13-10(2)4-5-10/h3,6H,4-5H2,1-2H3,(H,12,13). The summed E-state index contributed by atoms with van der Waals surface area (Å²) in [6.45, 7) is 4.30. The molecule has 1 aliphatic rings. The van der Waals surface area contributed by atoms with E-state index in [1.54, 1.807) is 0 Å². The predicted molar refractivity (Wildman–Crippen MR) is 57.9 cm³/mol. The zero-order valence-corrected chi connectivity index (χ0v) is 9.48. The van der Waals surface area contributed by atoms with Gasteiger partial charge in [-0.3, -0.25) is 0 Å². The molecule has 0 aliphatic heterocycles. The lowest BCUT2D eigenvalue weighted by atomic mass is 10.2. The summed E-state index contributed by atoms with van der Waals surface area (Å²) in [6, 6.07) is 2.00. The van der Waals surface area contributed by atoms with E-state index in [4.69, 9.17) is 0 Å². The number of pyridine rings is 1. The average molecular weight is 241 g/mol. The molecule has 1 N–H and O–H groups in total. The fourth-order valence-corrected chi connectivity index (χ4v) is 1.56. The number of nitrogens with zero attached hydrogens (tertiary/aromatic N) is 1. The maximum absolute atomic E-state index is 4.31. The van der Waals surface area contributed by atoms with Crippen molar-refractivity contribution in [1.82, 2.24) is 4.98 Å². The van der Waals surface area contributed by atoms with E-state index in [-0.39, 0.29) is 0 Å². The van der Waals surface area contributed by atoms with Crippen molar-refractivity contribution in [3.05, 3.63) is 22.3 Å². The summed E-state index contributed by atoms with van der Waals surface area (Å²) in [6.07, 6.45) is 4.33. The first kappa shape index (κ1) is 9.00. The summed E-state index contributed by atoms with van der Waals surface area (Å²) < 4.78 is 1.09. The Balaban J connectivity index is 2.25. The van der Waals surface area contributed by atoms with Gasteiger partial charge in [-0.2, -0.15) is 0 Å². The Morgan fingerprint density at radius 2 is 2.23 bits per heavy atom. The first-order chi connectivity index (χ1) is 6.11. The molecular weight excluding hydrogens is 228 g/mol. The second-order valence-corrected chi connectivity index (χ2v) is 4.77. The number of aryl methyl sites for hydroxylation is 1. The van der Waals surface area contributed by atoms with Crippen LogP contribution in [0, 0.1) is 6.92 Å². The van der Waals surface area contributed by atoms with Crippen LogP contribution in [0.4, 0.5) is 5.82 Å². The van der Waals surface area contributed by atoms with E-state index in [2.05, 4.69) is 40.1 Å². The maximum atomic E-state index is 4.31. The number of aromatic nitrogens is 1. The third-order valence-electron chi connectivity index (χ3n) is 2.50. The van der Waals surface area contributed by atoms with Gasteiger partial charge in [0.2, 0.25) is 0 Å². The highest BCUT2D eigenvalue weighted by Crippen LogP contribution is 2.39. The van der Waals surface area contributed by atoms with Gasteiger partial charge in [0.05, 0.1) is 4.47 Å². The molecule has 13 heavy (non-hydrogen) atoms. The SMILES string of the molecule is Cc1ccnc(NC2(C)CC2)c1Br. The summed E-state index contributed by atoms with van der Waals surface area (Å²) in [4.78, 5) is 4.31. The minimum Gasteiger partial charge on any atom is -0.364 e. The average Bonchev–Trinajstić information content (AvgIpc) is 2.78. The van der Waals surface area contributed by atoms with Crippen molar-refractivity contribution < 1.29 is 0 Å². The van der Waals surface area contributed by atoms with Gasteiger partial charge in [0.1, 0.15) is 5.82 Å².